The molecule has 1 aliphatic rings. The van der Waals surface area contributed by atoms with Gasteiger partial charge in [0, 0.05) is 31.8 Å². The Hall–Kier alpha value is -3.28. The maximum atomic E-state index is 13.7. The van der Waals surface area contributed by atoms with Gasteiger partial charge in [0.2, 0.25) is 0 Å². The number of fused-ring (bicyclic) bond motifs is 2. The molecule has 0 spiro atoms. The van der Waals surface area contributed by atoms with E-state index in [1.165, 1.54) is 18.2 Å². The zero-order valence-electron chi connectivity index (χ0n) is 14.3. The molecule has 0 fully saturated rings. The summed E-state index contributed by atoms with van der Waals surface area (Å²) in [6.07, 6.45) is 2.87. The smallest absolute Gasteiger partial charge is 0.252 e. The Morgan fingerprint density at radius 1 is 1.00 bits per heavy atom. The Kier molecular flexibility index (Phi) is 4.08. The van der Waals surface area contributed by atoms with E-state index in [1.807, 2.05) is 36.2 Å². The molecule has 0 aliphatic carbocycles. The van der Waals surface area contributed by atoms with Crippen molar-refractivity contribution in [1.29, 1.82) is 0 Å². The minimum Gasteiger partial charge on any atom is -0.355 e. The summed E-state index contributed by atoms with van der Waals surface area (Å²) in [6.45, 7) is 1.15. The van der Waals surface area contributed by atoms with Gasteiger partial charge in [-0.05, 0) is 24.3 Å². The van der Waals surface area contributed by atoms with Crippen molar-refractivity contribution in [1.82, 2.24) is 9.97 Å². The number of nitrogens with zero attached hydrogens (tertiary/aromatic N) is 4. The molecular formula is C20H17FN4O. The summed E-state index contributed by atoms with van der Waals surface area (Å²) in [5.41, 5.74) is 1.89. The van der Waals surface area contributed by atoms with E-state index in [1.54, 1.807) is 23.1 Å². The first-order chi connectivity index (χ1) is 12.6. The van der Waals surface area contributed by atoms with Crippen molar-refractivity contribution in [2.45, 2.75) is 0 Å². The Labute approximate surface area is 150 Å². The number of anilines is 2. The number of amides is 1. The summed E-state index contributed by atoms with van der Waals surface area (Å²) < 4.78 is 13.7. The van der Waals surface area contributed by atoms with Crippen LogP contribution in [-0.4, -0.2) is 36.0 Å². The fourth-order valence-corrected chi connectivity index (χ4v) is 2.96. The monoisotopic (exact) mass is 348 g/mol. The molecule has 2 aromatic carbocycles. The lowest BCUT2D eigenvalue weighted by atomic mass is 10.2. The van der Waals surface area contributed by atoms with Crippen LogP contribution in [0.5, 0.6) is 0 Å². The summed E-state index contributed by atoms with van der Waals surface area (Å²) in [5, 5.41) is 0. The molecule has 6 heteroatoms. The van der Waals surface area contributed by atoms with Gasteiger partial charge in [0.15, 0.2) is 11.6 Å². The van der Waals surface area contributed by atoms with Crippen molar-refractivity contribution < 1.29 is 9.18 Å². The van der Waals surface area contributed by atoms with E-state index in [0.717, 1.165) is 11.0 Å². The van der Waals surface area contributed by atoms with Crippen LogP contribution in [-0.2, 0) is 4.79 Å². The molecule has 4 rings (SSSR count). The lowest BCUT2D eigenvalue weighted by Crippen LogP contribution is -2.43. The summed E-state index contributed by atoms with van der Waals surface area (Å²) >= 11 is 0. The van der Waals surface area contributed by atoms with Crippen LogP contribution in [0.1, 0.15) is 5.56 Å². The molecule has 130 valence electrons. The number of halogens is 1. The van der Waals surface area contributed by atoms with E-state index in [2.05, 4.69) is 9.97 Å². The Bertz CT molecular complexity index is 1020. The SMILES string of the molecule is CN1CCN(C(=O)/C=C/c2ccccc2F)c2nc3ccccc3nc21. The zero-order chi connectivity index (χ0) is 18.1. The minimum absolute atomic E-state index is 0.243. The maximum absolute atomic E-state index is 13.7. The van der Waals surface area contributed by atoms with Crippen LogP contribution in [0.25, 0.3) is 17.1 Å². The molecule has 0 unspecified atom stereocenters. The average molecular weight is 348 g/mol. The van der Waals surface area contributed by atoms with Gasteiger partial charge in [-0.25, -0.2) is 14.4 Å². The van der Waals surface area contributed by atoms with Crippen LogP contribution in [0, 0.1) is 5.82 Å². The second kappa shape index (κ2) is 6.55. The average Bonchev–Trinajstić information content (AvgIpc) is 2.66. The highest BCUT2D eigenvalue weighted by molar-refractivity contribution is 6.05. The summed E-state index contributed by atoms with van der Waals surface area (Å²) in [5.74, 6) is 0.594. The number of aromatic nitrogens is 2. The van der Waals surface area contributed by atoms with E-state index in [0.29, 0.717) is 30.3 Å². The fraction of sp³-hybridized carbons (Fsp3) is 0.150. The molecule has 1 aromatic heterocycles. The molecule has 1 aliphatic heterocycles. The van der Waals surface area contributed by atoms with E-state index >= 15 is 0 Å². The quantitative estimate of drug-likeness (QED) is 0.667. The van der Waals surface area contributed by atoms with Crippen molar-refractivity contribution in [2.75, 3.05) is 29.9 Å². The Balaban J connectivity index is 1.70. The molecule has 1 amide bonds. The second-order valence-corrected chi connectivity index (χ2v) is 6.13. The van der Waals surface area contributed by atoms with Crippen LogP contribution in [0.4, 0.5) is 16.0 Å². The highest BCUT2D eigenvalue weighted by Crippen LogP contribution is 2.30. The number of carbonyl (C=O) groups excluding carboxylic acids is 1. The van der Waals surface area contributed by atoms with Crippen molar-refractivity contribution >= 4 is 34.7 Å². The lowest BCUT2D eigenvalue weighted by Gasteiger charge is -2.33. The van der Waals surface area contributed by atoms with Gasteiger partial charge in [0.1, 0.15) is 5.82 Å². The van der Waals surface area contributed by atoms with Gasteiger partial charge >= 0.3 is 0 Å². The van der Waals surface area contributed by atoms with Crippen molar-refractivity contribution in [2.24, 2.45) is 0 Å². The molecule has 26 heavy (non-hydrogen) atoms. The fourth-order valence-electron chi connectivity index (χ4n) is 2.96. The topological polar surface area (TPSA) is 49.3 Å². The first kappa shape index (κ1) is 16.2. The highest BCUT2D eigenvalue weighted by Gasteiger charge is 2.27. The van der Waals surface area contributed by atoms with Gasteiger partial charge in [0.25, 0.3) is 5.91 Å². The predicted molar refractivity (Wildman–Crippen MR) is 101 cm³/mol. The summed E-state index contributed by atoms with van der Waals surface area (Å²) in [4.78, 5) is 25.6. The molecular weight excluding hydrogens is 331 g/mol. The van der Waals surface area contributed by atoms with E-state index < -0.39 is 0 Å². The number of likely N-dealkylation sites (N-methyl/N-ethyl adjacent to an activating group) is 1. The number of hydrogen-bond donors (Lipinski definition) is 0. The Morgan fingerprint density at radius 3 is 2.38 bits per heavy atom. The van der Waals surface area contributed by atoms with Gasteiger partial charge in [-0.2, -0.15) is 0 Å². The van der Waals surface area contributed by atoms with Crippen molar-refractivity contribution in [3.8, 4) is 0 Å². The third-order valence-electron chi connectivity index (χ3n) is 4.39. The standard InChI is InChI=1S/C20H17FN4O/c1-24-12-13-25(18(26)11-10-14-6-2-3-7-15(14)21)20-19(24)22-16-8-4-5-9-17(16)23-20/h2-11H,12-13H2,1H3/b11-10+. The molecule has 3 aromatic rings. The molecule has 5 nitrogen and oxygen atoms in total. The molecule has 0 saturated carbocycles. The third-order valence-corrected chi connectivity index (χ3v) is 4.39. The molecule has 0 atom stereocenters. The first-order valence-corrected chi connectivity index (χ1v) is 8.35. The largest absolute Gasteiger partial charge is 0.355 e. The van der Waals surface area contributed by atoms with Crippen LogP contribution < -0.4 is 9.80 Å². The van der Waals surface area contributed by atoms with Gasteiger partial charge in [-0.15, -0.1) is 0 Å². The van der Waals surface area contributed by atoms with E-state index in [4.69, 9.17) is 0 Å². The molecule has 0 saturated heterocycles. The normalized spacial score (nSPS) is 14.1. The lowest BCUT2D eigenvalue weighted by molar-refractivity contribution is -0.114. The summed E-state index contributed by atoms with van der Waals surface area (Å²) in [6, 6.07) is 13.9. The number of para-hydroxylation sites is 2. The van der Waals surface area contributed by atoms with Gasteiger partial charge in [-0.1, -0.05) is 30.3 Å². The van der Waals surface area contributed by atoms with E-state index in [-0.39, 0.29) is 11.7 Å². The first-order valence-electron chi connectivity index (χ1n) is 8.35. The number of rotatable bonds is 2. The van der Waals surface area contributed by atoms with Gasteiger partial charge in [-0.3, -0.25) is 9.69 Å². The van der Waals surface area contributed by atoms with Crippen LogP contribution >= 0.6 is 0 Å². The molecule has 0 bridgehead atoms. The van der Waals surface area contributed by atoms with Crippen LogP contribution in [0.15, 0.2) is 54.6 Å². The number of hydrogen-bond acceptors (Lipinski definition) is 4. The van der Waals surface area contributed by atoms with Crippen molar-refractivity contribution in [3.05, 3.63) is 66.0 Å². The Morgan fingerprint density at radius 2 is 1.65 bits per heavy atom. The van der Waals surface area contributed by atoms with E-state index in [9.17, 15) is 9.18 Å². The number of carbonyl (C=O) groups is 1. The second-order valence-electron chi connectivity index (χ2n) is 6.13. The molecule has 0 N–H and O–H groups in total. The molecule has 2 heterocycles. The zero-order valence-corrected chi connectivity index (χ0v) is 14.3. The van der Waals surface area contributed by atoms with Gasteiger partial charge < -0.3 is 4.90 Å². The maximum Gasteiger partial charge on any atom is 0.252 e. The van der Waals surface area contributed by atoms with Crippen LogP contribution in [0.3, 0.4) is 0 Å². The summed E-state index contributed by atoms with van der Waals surface area (Å²) in [7, 11) is 1.93. The van der Waals surface area contributed by atoms with Gasteiger partial charge in [0.05, 0.1) is 11.0 Å². The van der Waals surface area contributed by atoms with Crippen LogP contribution in [0.2, 0.25) is 0 Å². The highest BCUT2D eigenvalue weighted by atomic mass is 19.1. The van der Waals surface area contributed by atoms with Crippen molar-refractivity contribution in [3.63, 3.8) is 0 Å². The minimum atomic E-state index is -0.360. The molecule has 0 radical (unpaired) electrons. The predicted octanol–water partition coefficient (Wildman–Crippen LogP) is 3.27. The third kappa shape index (κ3) is 2.90. The number of benzene rings is 2.